The van der Waals surface area contributed by atoms with Crippen molar-refractivity contribution in [1.82, 2.24) is 5.32 Å². The number of hydrogen-bond donors (Lipinski definition) is 2. The van der Waals surface area contributed by atoms with Crippen LogP contribution in [0.15, 0.2) is 33.8 Å². The number of alkyl carbamates (subject to hydrolysis) is 1. The quantitative estimate of drug-likeness (QED) is 0.645. The fourth-order valence-corrected chi connectivity index (χ4v) is 1.35. The van der Waals surface area contributed by atoms with E-state index < -0.39 is 17.7 Å². The largest absolute Gasteiger partial charge is 0.450 e. The summed E-state index contributed by atoms with van der Waals surface area (Å²) < 4.78 is 5.40. The molecule has 1 aromatic carbocycles. The zero-order valence-electron chi connectivity index (χ0n) is 10.5. The summed E-state index contributed by atoms with van der Waals surface area (Å²) in [6.45, 7) is 1.72. The number of rotatable bonds is 4. The number of benzene rings is 1. The molecule has 0 heterocycles. The summed E-state index contributed by atoms with van der Waals surface area (Å²) in [7, 11) is 0. The Morgan fingerprint density at radius 1 is 1.40 bits per heavy atom. The van der Waals surface area contributed by atoms with E-state index in [9.17, 15) is 9.59 Å². The summed E-state index contributed by atoms with van der Waals surface area (Å²) in [6, 6.07) is 8.52. The first-order valence-corrected chi connectivity index (χ1v) is 6.33. The van der Waals surface area contributed by atoms with Crippen LogP contribution < -0.4 is 10.7 Å². The Morgan fingerprint density at radius 2 is 2.05 bits per heavy atom. The number of carbonyl (C=O) groups is 2. The summed E-state index contributed by atoms with van der Waals surface area (Å²) in [6.07, 6.45) is -0.927. The van der Waals surface area contributed by atoms with E-state index in [0.717, 1.165) is 4.47 Å². The molecule has 0 aromatic heterocycles. The van der Waals surface area contributed by atoms with Gasteiger partial charge in [0.25, 0.3) is 5.91 Å². The summed E-state index contributed by atoms with van der Waals surface area (Å²) in [4.78, 5) is 22.6. The predicted molar refractivity (Wildman–Crippen MR) is 76.0 cm³/mol. The van der Waals surface area contributed by atoms with Crippen LogP contribution in [0.25, 0.3) is 0 Å². The van der Waals surface area contributed by atoms with Crippen LogP contribution in [0.5, 0.6) is 0 Å². The Hall–Kier alpha value is -2.40. The van der Waals surface area contributed by atoms with Crippen LogP contribution in [0.1, 0.15) is 6.92 Å². The van der Waals surface area contributed by atoms with E-state index in [1.807, 2.05) is 5.32 Å². The molecule has 0 radical (unpaired) electrons. The van der Waals surface area contributed by atoms with Crippen LogP contribution in [-0.4, -0.2) is 24.3 Å². The molecule has 104 valence electrons. The van der Waals surface area contributed by atoms with Crippen molar-refractivity contribution in [1.29, 1.82) is 5.26 Å². The SMILES string of the molecule is CCOC(=O)NC(=O)/C(C#N)=N/Nc1ccc(Br)cc1. The highest BCUT2D eigenvalue weighted by Gasteiger charge is 2.15. The van der Waals surface area contributed by atoms with Gasteiger partial charge in [0.15, 0.2) is 0 Å². The third-order valence-corrected chi connectivity index (χ3v) is 2.48. The van der Waals surface area contributed by atoms with Crippen LogP contribution in [0.4, 0.5) is 10.5 Å². The standard InChI is InChI=1S/C12H11BrN4O3/c1-2-20-12(19)15-11(18)10(7-14)17-16-9-5-3-8(13)4-6-9/h3-6,16H,2H2,1H3,(H,15,18,19)/b17-10+. The van der Waals surface area contributed by atoms with Gasteiger partial charge in [-0.1, -0.05) is 15.9 Å². The van der Waals surface area contributed by atoms with Gasteiger partial charge in [0.1, 0.15) is 6.07 Å². The first kappa shape index (κ1) is 15.7. The Kier molecular flexibility index (Phi) is 6.19. The third-order valence-electron chi connectivity index (χ3n) is 1.95. The van der Waals surface area contributed by atoms with Gasteiger partial charge in [0.2, 0.25) is 5.71 Å². The summed E-state index contributed by atoms with van der Waals surface area (Å²) in [5.74, 6) is -0.935. The average molecular weight is 339 g/mol. The second-order valence-electron chi connectivity index (χ2n) is 3.37. The first-order chi connectivity index (χ1) is 9.56. The molecule has 0 spiro atoms. The fraction of sp³-hybridized carbons (Fsp3) is 0.167. The topological polar surface area (TPSA) is 104 Å². The van der Waals surface area contributed by atoms with Crippen molar-refractivity contribution in [2.75, 3.05) is 12.0 Å². The van der Waals surface area contributed by atoms with Crippen LogP contribution in [-0.2, 0) is 9.53 Å². The van der Waals surface area contributed by atoms with Crippen molar-refractivity contribution in [3.63, 3.8) is 0 Å². The van der Waals surface area contributed by atoms with Crippen molar-refractivity contribution in [2.24, 2.45) is 5.10 Å². The molecule has 0 unspecified atom stereocenters. The van der Waals surface area contributed by atoms with Crippen molar-refractivity contribution >= 4 is 39.3 Å². The molecule has 8 heteroatoms. The van der Waals surface area contributed by atoms with Gasteiger partial charge < -0.3 is 4.74 Å². The highest BCUT2D eigenvalue weighted by atomic mass is 79.9. The number of anilines is 1. The van der Waals surface area contributed by atoms with Crippen molar-refractivity contribution in [3.05, 3.63) is 28.7 Å². The lowest BCUT2D eigenvalue weighted by Crippen LogP contribution is -2.36. The van der Waals surface area contributed by atoms with Crippen LogP contribution >= 0.6 is 15.9 Å². The minimum atomic E-state index is -0.935. The number of hydrazone groups is 1. The summed E-state index contributed by atoms with van der Waals surface area (Å²) in [5.41, 5.74) is 2.64. The van der Waals surface area contributed by atoms with Gasteiger partial charge in [-0.05, 0) is 31.2 Å². The number of ether oxygens (including phenoxy) is 1. The van der Waals surface area contributed by atoms with Gasteiger partial charge >= 0.3 is 6.09 Å². The zero-order chi connectivity index (χ0) is 15.0. The van der Waals surface area contributed by atoms with Gasteiger partial charge in [0.05, 0.1) is 12.3 Å². The normalized spacial score (nSPS) is 10.3. The minimum Gasteiger partial charge on any atom is -0.450 e. The average Bonchev–Trinajstić information content (AvgIpc) is 2.41. The van der Waals surface area contributed by atoms with Crippen LogP contribution in [0.2, 0.25) is 0 Å². The van der Waals surface area contributed by atoms with E-state index in [-0.39, 0.29) is 6.61 Å². The third kappa shape index (κ3) is 5.07. The lowest BCUT2D eigenvalue weighted by molar-refractivity contribution is -0.114. The van der Waals surface area contributed by atoms with Crippen molar-refractivity contribution in [3.8, 4) is 6.07 Å². The molecule has 20 heavy (non-hydrogen) atoms. The molecular weight excluding hydrogens is 328 g/mol. The van der Waals surface area contributed by atoms with E-state index in [1.165, 1.54) is 0 Å². The molecule has 0 saturated heterocycles. The number of imide groups is 1. The Labute approximate surface area is 123 Å². The van der Waals surface area contributed by atoms with E-state index in [2.05, 4.69) is 31.2 Å². The molecule has 7 nitrogen and oxygen atoms in total. The number of nitrogens with zero attached hydrogens (tertiary/aromatic N) is 2. The van der Waals surface area contributed by atoms with Gasteiger partial charge in [-0.2, -0.15) is 10.4 Å². The molecule has 1 aromatic rings. The van der Waals surface area contributed by atoms with Gasteiger partial charge in [-0.25, -0.2) is 4.79 Å². The summed E-state index contributed by atoms with van der Waals surface area (Å²) >= 11 is 3.27. The molecule has 0 aliphatic carbocycles. The Morgan fingerprint density at radius 3 is 2.60 bits per heavy atom. The molecule has 0 fully saturated rings. The smallest absolute Gasteiger partial charge is 0.414 e. The minimum absolute atomic E-state index is 0.120. The first-order valence-electron chi connectivity index (χ1n) is 5.54. The van der Waals surface area contributed by atoms with Gasteiger partial charge in [0, 0.05) is 4.47 Å². The predicted octanol–water partition coefficient (Wildman–Crippen LogP) is 2.01. The second-order valence-corrected chi connectivity index (χ2v) is 4.28. The molecule has 0 saturated carbocycles. The lowest BCUT2D eigenvalue weighted by atomic mass is 10.3. The van der Waals surface area contributed by atoms with E-state index >= 15 is 0 Å². The Balaban J connectivity index is 2.68. The summed E-state index contributed by atoms with van der Waals surface area (Å²) in [5, 5.41) is 14.3. The maximum Gasteiger partial charge on any atom is 0.414 e. The van der Waals surface area contributed by atoms with Crippen molar-refractivity contribution in [2.45, 2.75) is 6.92 Å². The van der Waals surface area contributed by atoms with Crippen molar-refractivity contribution < 1.29 is 14.3 Å². The van der Waals surface area contributed by atoms with Gasteiger partial charge in [-0.3, -0.25) is 15.5 Å². The molecule has 0 aliphatic rings. The molecule has 0 aliphatic heterocycles. The molecule has 1 rings (SSSR count). The lowest BCUT2D eigenvalue weighted by Gasteiger charge is -2.03. The molecular formula is C12H11BrN4O3. The zero-order valence-corrected chi connectivity index (χ0v) is 12.1. The number of nitrogens with one attached hydrogen (secondary N) is 2. The van der Waals surface area contributed by atoms with E-state index in [0.29, 0.717) is 5.69 Å². The number of amides is 2. The molecule has 2 amide bonds. The highest BCUT2D eigenvalue weighted by Crippen LogP contribution is 2.13. The number of carbonyl (C=O) groups excluding carboxylic acids is 2. The maximum absolute atomic E-state index is 11.5. The van der Waals surface area contributed by atoms with Crippen LogP contribution in [0.3, 0.4) is 0 Å². The van der Waals surface area contributed by atoms with E-state index in [4.69, 9.17) is 5.26 Å². The fourth-order valence-electron chi connectivity index (χ4n) is 1.09. The monoisotopic (exact) mass is 338 g/mol. The number of hydrogen-bond acceptors (Lipinski definition) is 6. The second kappa shape index (κ2) is 7.91. The number of halogens is 1. The molecule has 0 bridgehead atoms. The number of nitriles is 1. The van der Waals surface area contributed by atoms with E-state index in [1.54, 1.807) is 37.3 Å². The van der Waals surface area contributed by atoms with Crippen LogP contribution in [0, 0.1) is 11.3 Å². The molecule has 2 N–H and O–H groups in total. The molecule has 0 atom stereocenters. The maximum atomic E-state index is 11.5. The Bertz CT molecular complexity index is 563. The van der Waals surface area contributed by atoms with Gasteiger partial charge in [-0.15, -0.1) is 0 Å². The highest BCUT2D eigenvalue weighted by molar-refractivity contribution is 9.10.